The second-order valence-electron chi connectivity index (χ2n) is 2.53. The van der Waals surface area contributed by atoms with Gasteiger partial charge in [0.15, 0.2) is 0 Å². The van der Waals surface area contributed by atoms with Crippen LogP contribution in [0.1, 0.15) is 13.3 Å². The first-order valence-corrected chi connectivity index (χ1v) is 3.34. The standard InChI is InChI=1S/C8H11NO/c1-6-4-2-3-5-7(6)8(9)10/h2-4,7H,5H2,1H3,(H2,9,10). The molecule has 1 amide bonds. The highest BCUT2D eigenvalue weighted by Crippen LogP contribution is 2.18. The number of rotatable bonds is 1. The summed E-state index contributed by atoms with van der Waals surface area (Å²) in [5.41, 5.74) is 6.21. The van der Waals surface area contributed by atoms with Crippen molar-refractivity contribution in [2.45, 2.75) is 13.3 Å². The molecule has 1 aliphatic rings. The fourth-order valence-electron chi connectivity index (χ4n) is 1.08. The molecule has 10 heavy (non-hydrogen) atoms. The Bertz CT molecular complexity index is 203. The largest absolute Gasteiger partial charge is 0.369 e. The molecule has 0 aromatic rings. The molecule has 1 aliphatic carbocycles. The lowest BCUT2D eigenvalue weighted by atomic mass is 9.92. The van der Waals surface area contributed by atoms with Gasteiger partial charge in [-0.05, 0) is 13.3 Å². The molecule has 1 atom stereocenters. The molecule has 0 bridgehead atoms. The van der Waals surface area contributed by atoms with Crippen LogP contribution >= 0.6 is 0 Å². The van der Waals surface area contributed by atoms with Gasteiger partial charge in [0.2, 0.25) is 5.91 Å². The van der Waals surface area contributed by atoms with Crippen LogP contribution in [-0.4, -0.2) is 5.91 Å². The third-order valence-electron chi connectivity index (χ3n) is 1.76. The molecular weight excluding hydrogens is 126 g/mol. The first kappa shape index (κ1) is 7.06. The average Bonchev–Trinajstić information content (AvgIpc) is 1.88. The van der Waals surface area contributed by atoms with Crippen molar-refractivity contribution in [2.75, 3.05) is 0 Å². The Morgan fingerprint density at radius 3 is 2.90 bits per heavy atom. The molecule has 0 aliphatic heterocycles. The monoisotopic (exact) mass is 137 g/mol. The van der Waals surface area contributed by atoms with Crippen LogP contribution in [0.15, 0.2) is 23.8 Å². The lowest BCUT2D eigenvalue weighted by Crippen LogP contribution is -2.24. The van der Waals surface area contributed by atoms with Crippen LogP contribution in [0.4, 0.5) is 0 Å². The third-order valence-corrected chi connectivity index (χ3v) is 1.76. The van der Waals surface area contributed by atoms with Gasteiger partial charge in [0.05, 0.1) is 5.92 Å². The number of hydrogen-bond donors (Lipinski definition) is 1. The molecule has 2 heteroatoms. The van der Waals surface area contributed by atoms with Crippen molar-refractivity contribution >= 4 is 5.91 Å². The van der Waals surface area contributed by atoms with Crippen LogP contribution in [0.5, 0.6) is 0 Å². The molecule has 1 unspecified atom stereocenters. The molecule has 0 heterocycles. The number of amides is 1. The Kier molecular flexibility index (Phi) is 1.90. The minimum Gasteiger partial charge on any atom is -0.369 e. The molecule has 0 saturated heterocycles. The normalized spacial score (nSPS) is 24.1. The number of nitrogens with two attached hydrogens (primary N) is 1. The van der Waals surface area contributed by atoms with E-state index in [-0.39, 0.29) is 11.8 Å². The van der Waals surface area contributed by atoms with Crippen molar-refractivity contribution in [1.29, 1.82) is 0 Å². The van der Waals surface area contributed by atoms with Crippen molar-refractivity contribution in [3.05, 3.63) is 23.8 Å². The van der Waals surface area contributed by atoms with Gasteiger partial charge in [-0.3, -0.25) is 4.79 Å². The number of hydrogen-bond acceptors (Lipinski definition) is 1. The van der Waals surface area contributed by atoms with Crippen molar-refractivity contribution in [2.24, 2.45) is 11.7 Å². The molecule has 1 rings (SSSR count). The van der Waals surface area contributed by atoms with E-state index < -0.39 is 0 Å². The lowest BCUT2D eigenvalue weighted by molar-refractivity contribution is -0.120. The second-order valence-corrected chi connectivity index (χ2v) is 2.53. The van der Waals surface area contributed by atoms with Crippen LogP contribution in [0.3, 0.4) is 0 Å². The molecule has 2 N–H and O–H groups in total. The molecule has 0 spiro atoms. The molecule has 0 aromatic carbocycles. The van der Waals surface area contributed by atoms with Gasteiger partial charge in [-0.25, -0.2) is 0 Å². The van der Waals surface area contributed by atoms with Gasteiger partial charge in [0, 0.05) is 0 Å². The highest BCUT2D eigenvalue weighted by atomic mass is 16.1. The zero-order valence-electron chi connectivity index (χ0n) is 6.00. The zero-order valence-corrected chi connectivity index (χ0v) is 6.00. The van der Waals surface area contributed by atoms with Crippen LogP contribution in [0.2, 0.25) is 0 Å². The maximum atomic E-state index is 10.7. The van der Waals surface area contributed by atoms with Crippen LogP contribution < -0.4 is 5.73 Å². The Morgan fingerprint density at radius 2 is 2.50 bits per heavy atom. The molecule has 0 saturated carbocycles. The summed E-state index contributed by atoms with van der Waals surface area (Å²) in [5, 5.41) is 0. The SMILES string of the molecule is CC1=CC=CCC1C(N)=O. The molecule has 54 valence electrons. The summed E-state index contributed by atoms with van der Waals surface area (Å²) in [6.07, 6.45) is 6.60. The number of carbonyl (C=O) groups is 1. The zero-order chi connectivity index (χ0) is 7.56. The van der Waals surface area contributed by atoms with E-state index in [9.17, 15) is 4.79 Å². The number of primary amides is 1. The minimum atomic E-state index is -0.224. The van der Waals surface area contributed by atoms with E-state index in [0.717, 1.165) is 12.0 Å². The van der Waals surface area contributed by atoms with E-state index in [1.165, 1.54) is 0 Å². The van der Waals surface area contributed by atoms with E-state index >= 15 is 0 Å². The second kappa shape index (κ2) is 2.69. The number of allylic oxidation sites excluding steroid dienone is 3. The highest BCUT2D eigenvalue weighted by Gasteiger charge is 2.16. The predicted molar refractivity (Wildman–Crippen MR) is 40.2 cm³/mol. The van der Waals surface area contributed by atoms with Gasteiger partial charge >= 0.3 is 0 Å². The molecular formula is C8H11NO. The van der Waals surface area contributed by atoms with E-state index in [1.54, 1.807) is 0 Å². The van der Waals surface area contributed by atoms with Crippen molar-refractivity contribution < 1.29 is 4.79 Å². The van der Waals surface area contributed by atoms with Crippen LogP contribution in [0, 0.1) is 5.92 Å². The maximum absolute atomic E-state index is 10.7. The quantitative estimate of drug-likeness (QED) is 0.575. The number of carbonyl (C=O) groups excluding carboxylic acids is 1. The Labute approximate surface area is 60.4 Å². The summed E-state index contributed by atoms with van der Waals surface area (Å²) in [4.78, 5) is 10.7. The van der Waals surface area contributed by atoms with Gasteiger partial charge < -0.3 is 5.73 Å². The van der Waals surface area contributed by atoms with Gasteiger partial charge in [-0.1, -0.05) is 23.8 Å². The summed E-state index contributed by atoms with van der Waals surface area (Å²) in [6.45, 7) is 1.93. The van der Waals surface area contributed by atoms with Gasteiger partial charge in [0.1, 0.15) is 0 Å². The predicted octanol–water partition coefficient (Wildman–Crippen LogP) is 0.994. The summed E-state index contributed by atoms with van der Waals surface area (Å²) in [7, 11) is 0. The summed E-state index contributed by atoms with van der Waals surface area (Å²) in [6, 6.07) is 0. The van der Waals surface area contributed by atoms with Crippen LogP contribution in [-0.2, 0) is 4.79 Å². The lowest BCUT2D eigenvalue weighted by Gasteiger charge is -2.13. The summed E-state index contributed by atoms with van der Waals surface area (Å²) >= 11 is 0. The topological polar surface area (TPSA) is 43.1 Å². The van der Waals surface area contributed by atoms with E-state index in [4.69, 9.17) is 5.73 Å². The fourth-order valence-corrected chi connectivity index (χ4v) is 1.08. The van der Waals surface area contributed by atoms with Gasteiger partial charge in [-0.15, -0.1) is 0 Å². The van der Waals surface area contributed by atoms with Crippen molar-refractivity contribution in [3.8, 4) is 0 Å². The van der Waals surface area contributed by atoms with E-state index in [0.29, 0.717) is 0 Å². The Morgan fingerprint density at radius 1 is 1.80 bits per heavy atom. The first-order chi connectivity index (χ1) is 4.72. The third kappa shape index (κ3) is 1.26. The fraction of sp³-hybridized carbons (Fsp3) is 0.375. The Hall–Kier alpha value is -1.05. The Balaban J connectivity index is 2.73. The average molecular weight is 137 g/mol. The van der Waals surface area contributed by atoms with Gasteiger partial charge in [-0.2, -0.15) is 0 Å². The first-order valence-electron chi connectivity index (χ1n) is 3.34. The van der Waals surface area contributed by atoms with Gasteiger partial charge in [0.25, 0.3) is 0 Å². The van der Waals surface area contributed by atoms with Crippen LogP contribution in [0.25, 0.3) is 0 Å². The molecule has 0 radical (unpaired) electrons. The summed E-state index contributed by atoms with van der Waals surface area (Å²) in [5.74, 6) is -0.289. The van der Waals surface area contributed by atoms with Crippen molar-refractivity contribution in [1.82, 2.24) is 0 Å². The highest BCUT2D eigenvalue weighted by molar-refractivity contribution is 5.80. The molecule has 2 nitrogen and oxygen atoms in total. The van der Waals surface area contributed by atoms with E-state index in [2.05, 4.69) is 0 Å². The van der Waals surface area contributed by atoms with Crippen molar-refractivity contribution in [3.63, 3.8) is 0 Å². The summed E-state index contributed by atoms with van der Waals surface area (Å²) < 4.78 is 0. The smallest absolute Gasteiger partial charge is 0.224 e. The molecule has 0 fully saturated rings. The minimum absolute atomic E-state index is 0.0648. The maximum Gasteiger partial charge on any atom is 0.224 e. The molecule has 0 aromatic heterocycles. The van der Waals surface area contributed by atoms with E-state index in [1.807, 2.05) is 25.2 Å².